The summed E-state index contributed by atoms with van der Waals surface area (Å²) in [4.78, 5) is 41.8. The van der Waals surface area contributed by atoms with Gasteiger partial charge in [0.1, 0.15) is 11.9 Å². The van der Waals surface area contributed by atoms with Crippen molar-refractivity contribution in [3.8, 4) is 0 Å². The number of nitrogens with zero attached hydrogens (tertiary/aromatic N) is 2. The molecular formula is C20H26N4O5S. The minimum atomic E-state index is -3.67. The van der Waals surface area contributed by atoms with Crippen LogP contribution < -0.4 is 10.0 Å². The first-order valence-electron chi connectivity index (χ1n) is 10.1. The highest BCUT2D eigenvalue weighted by Crippen LogP contribution is 2.23. The number of fused-ring (bicyclic) bond motifs is 1. The number of sulfonamides is 1. The molecule has 2 aliphatic heterocycles. The van der Waals surface area contributed by atoms with Crippen LogP contribution in [0, 0.1) is 0 Å². The predicted octanol–water partition coefficient (Wildman–Crippen LogP) is 0.939. The summed E-state index contributed by atoms with van der Waals surface area (Å²) in [7, 11) is -3.67. The fourth-order valence-corrected chi connectivity index (χ4v) is 4.72. The van der Waals surface area contributed by atoms with Gasteiger partial charge in [-0.25, -0.2) is 8.42 Å². The Morgan fingerprint density at radius 1 is 1.20 bits per heavy atom. The van der Waals surface area contributed by atoms with Gasteiger partial charge in [-0.05, 0) is 25.0 Å². The summed E-state index contributed by atoms with van der Waals surface area (Å²) >= 11 is 0. The van der Waals surface area contributed by atoms with Crippen LogP contribution in [0.5, 0.6) is 0 Å². The third-order valence-electron chi connectivity index (χ3n) is 5.09. The van der Waals surface area contributed by atoms with Gasteiger partial charge in [-0.2, -0.15) is 0 Å². The molecule has 10 heteroatoms. The van der Waals surface area contributed by atoms with Crippen molar-refractivity contribution in [1.82, 2.24) is 14.9 Å². The van der Waals surface area contributed by atoms with Gasteiger partial charge >= 0.3 is 0 Å². The average molecular weight is 435 g/mol. The Labute approximate surface area is 176 Å². The number of amides is 3. The molecule has 3 rings (SSSR count). The number of likely N-dealkylation sites (tertiary alicyclic amines) is 1. The number of amidine groups is 1. The number of imide groups is 1. The lowest BCUT2D eigenvalue weighted by Crippen LogP contribution is -2.38. The molecular weight excluding hydrogens is 408 g/mol. The lowest BCUT2D eigenvalue weighted by atomic mass is 10.1. The zero-order valence-corrected chi connectivity index (χ0v) is 17.7. The Kier molecular flexibility index (Phi) is 6.86. The second-order valence-corrected chi connectivity index (χ2v) is 8.97. The van der Waals surface area contributed by atoms with Gasteiger partial charge in [0.25, 0.3) is 10.0 Å². The van der Waals surface area contributed by atoms with Crippen LogP contribution in [0.3, 0.4) is 0 Å². The number of unbranched alkanes of at least 4 members (excludes halogenated alkanes) is 1. The SMILES string of the molecule is CCCCC(N=C1NS(=O)(=O)c2ccccc21)C(=O)NCCCN1C(=O)CCC1=O. The Bertz CT molecular complexity index is 957. The highest BCUT2D eigenvalue weighted by atomic mass is 32.2. The Balaban J connectivity index is 1.64. The second kappa shape index (κ2) is 9.38. The summed E-state index contributed by atoms with van der Waals surface area (Å²) in [5, 5.41) is 2.79. The van der Waals surface area contributed by atoms with Crippen molar-refractivity contribution in [3.63, 3.8) is 0 Å². The minimum Gasteiger partial charge on any atom is -0.354 e. The van der Waals surface area contributed by atoms with E-state index in [-0.39, 0.29) is 47.8 Å². The van der Waals surface area contributed by atoms with Crippen LogP contribution in [0.15, 0.2) is 34.2 Å². The Hall–Kier alpha value is -2.75. The van der Waals surface area contributed by atoms with E-state index in [1.807, 2.05) is 6.92 Å². The average Bonchev–Trinajstić information content (AvgIpc) is 3.18. The van der Waals surface area contributed by atoms with Gasteiger partial charge in [-0.15, -0.1) is 0 Å². The minimum absolute atomic E-state index is 0.151. The van der Waals surface area contributed by atoms with Crippen LogP contribution in [0.4, 0.5) is 0 Å². The van der Waals surface area contributed by atoms with E-state index in [4.69, 9.17) is 0 Å². The number of carbonyl (C=O) groups excluding carboxylic acids is 3. The number of benzene rings is 1. The van der Waals surface area contributed by atoms with Gasteiger partial charge < -0.3 is 5.32 Å². The fraction of sp³-hybridized carbons (Fsp3) is 0.500. The second-order valence-electron chi connectivity index (χ2n) is 7.32. The molecule has 0 spiro atoms. The molecule has 0 saturated carbocycles. The number of hydrogen-bond acceptors (Lipinski definition) is 6. The standard InChI is InChI=1S/C20H26N4O5S/c1-2-3-8-15(20(27)21-12-6-13-24-17(25)10-11-18(24)26)22-19-14-7-4-5-9-16(14)30(28,29)23-19/h4-5,7,9,15H,2-3,6,8,10-13H2,1H3,(H,21,27)(H,22,23). The zero-order valence-electron chi connectivity index (χ0n) is 16.9. The number of aliphatic imine (C=N–C) groups is 1. The number of carbonyl (C=O) groups is 3. The maximum Gasteiger partial charge on any atom is 0.263 e. The summed E-state index contributed by atoms with van der Waals surface area (Å²) in [6.45, 7) is 2.57. The molecule has 162 valence electrons. The number of nitrogens with one attached hydrogen (secondary N) is 2. The number of hydrogen-bond donors (Lipinski definition) is 2. The quantitative estimate of drug-likeness (QED) is 0.442. The molecule has 1 atom stereocenters. The van der Waals surface area contributed by atoms with E-state index in [0.29, 0.717) is 24.9 Å². The summed E-state index contributed by atoms with van der Waals surface area (Å²) in [5.74, 6) is -0.481. The molecule has 1 unspecified atom stereocenters. The third-order valence-corrected chi connectivity index (χ3v) is 6.49. The molecule has 30 heavy (non-hydrogen) atoms. The van der Waals surface area contributed by atoms with Gasteiger partial charge in [-0.3, -0.25) is 29.0 Å². The first kappa shape index (κ1) is 21.9. The molecule has 1 aromatic rings. The van der Waals surface area contributed by atoms with E-state index in [9.17, 15) is 22.8 Å². The molecule has 9 nitrogen and oxygen atoms in total. The van der Waals surface area contributed by atoms with Crippen LogP contribution in [-0.4, -0.2) is 56.0 Å². The van der Waals surface area contributed by atoms with Gasteiger partial charge in [0, 0.05) is 31.5 Å². The monoisotopic (exact) mass is 434 g/mol. The van der Waals surface area contributed by atoms with Crippen LogP contribution in [0.2, 0.25) is 0 Å². The lowest BCUT2D eigenvalue weighted by molar-refractivity contribution is -0.138. The van der Waals surface area contributed by atoms with Gasteiger partial charge in [-0.1, -0.05) is 31.9 Å². The number of rotatable bonds is 9. The molecule has 1 aromatic carbocycles. The molecule has 1 saturated heterocycles. The molecule has 0 aliphatic carbocycles. The van der Waals surface area contributed by atoms with Gasteiger partial charge in [0.05, 0.1) is 4.90 Å². The normalized spacial score (nSPS) is 19.6. The van der Waals surface area contributed by atoms with Crippen molar-refractivity contribution in [2.75, 3.05) is 13.1 Å². The van der Waals surface area contributed by atoms with E-state index in [0.717, 1.165) is 12.8 Å². The van der Waals surface area contributed by atoms with Crippen molar-refractivity contribution < 1.29 is 22.8 Å². The van der Waals surface area contributed by atoms with Crippen molar-refractivity contribution in [2.45, 2.75) is 56.4 Å². The molecule has 0 radical (unpaired) electrons. The third kappa shape index (κ3) is 4.86. The van der Waals surface area contributed by atoms with Crippen LogP contribution >= 0.6 is 0 Å². The zero-order chi connectivity index (χ0) is 21.7. The van der Waals surface area contributed by atoms with Crippen molar-refractivity contribution in [1.29, 1.82) is 0 Å². The lowest BCUT2D eigenvalue weighted by Gasteiger charge is -2.16. The molecule has 2 aliphatic rings. The summed E-state index contributed by atoms with van der Waals surface area (Å²) in [6, 6.07) is 5.79. The summed E-state index contributed by atoms with van der Waals surface area (Å²) in [5.41, 5.74) is 0.456. The van der Waals surface area contributed by atoms with E-state index in [1.165, 1.54) is 11.0 Å². The fourth-order valence-electron chi connectivity index (χ4n) is 3.48. The summed E-state index contributed by atoms with van der Waals surface area (Å²) < 4.78 is 27.0. The Morgan fingerprint density at radius 2 is 1.90 bits per heavy atom. The van der Waals surface area contributed by atoms with Crippen LogP contribution in [0.25, 0.3) is 0 Å². The van der Waals surface area contributed by atoms with E-state index >= 15 is 0 Å². The van der Waals surface area contributed by atoms with E-state index in [1.54, 1.807) is 18.2 Å². The first-order chi connectivity index (χ1) is 14.3. The largest absolute Gasteiger partial charge is 0.354 e. The molecule has 3 amide bonds. The highest BCUT2D eigenvalue weighted by molar-refractivity contribution is 7.90. The van der Waals surface area contributed by atoms with Crippen molar-refractivity contribution in [3.05, 3.63) is 29.8 Å². The molecule has 2 N–H and O–H groups in total. The summed E-state index contributed by atoms with van der Waals surface area (Å²) in [6.07, 6.45) is 3.07. The topological polar surface area (TPSA) is 125 Å². The van der Waals surface area contributed by atoms with Crippen LogP contribution in [0.1, 0.15) is 51.0 Å². The van der Waals surface area contributed by atoms with Gasteiger partial charge in [0.2, 0.25) is 17.7 Å². The van der Waals surface area contributed by atoms with Crippen LogP contribution in [-0.2, 0) is 24.4 Å². The van der Waals surface area contributed by atoms with E-state index < -0.39 is 16.1 Å². The van der Waals surface area contributed by atoms with Crippen molar-refractivity contribution >= 4 is 33.6 Å². The molecule has 0 aromatic heterocycles. The predicted molar refractivity (Wildman–Crippen MR) is 110 cm³/mol. The molecule has 1 fully saturated rings. The maximum absolute atomic E-state index is 12.7. The molecule has 0 bridgehead atoms. The van der Waals surface area contributed by atoms with E-state index in [2.05, 4.69) is 15.0 Å². The maximum atomic E-state index is 12.7. The first-order valence-corrected chi connectivity index (χ1v) is 11.6. The van der Waals surface area contributed by atoms with Gasteiger partial charge in [0.15, 0.2) is 0 Å². The smallest absolute Gasteiger partial charge is 0.263 e. The highest BCUT2D eigenvalue weighted by Gasteiger charge is 2.32. The molecule has 2 heterocycles. The van der Waals surface area contributed by atoms with Crippen molar-refractivity contribution in [2.24, 2.45) is 4.99 Å². The Morgan fingerprint density at radius 3 is 2.60 bits per heavy atom.